The van der Waals surface area contributed by atoms with Crippen molar-refractivity contribution < 1.29 is 4.79 Å². The first-order valence-corrected chi connectivity index (χ1v) is 6.39. The number of aromatic nitrogens is 2. The summed E-state index contributed by atoms with van der Waals surface area (Å²) in [4.78, 5) is 21.4. The Morgan fingerprint density at radius 1 is 1.47 bits per heavy atom. The highest BCUT2D eigenvalue weighted by Crippen LogP contribution is 2.18. The molecule has 2 aromatic rings. The lowest BCUT2D eigenvalue weighted by molar-refractivity contribution is 0.0791. The SMILES string of the molecule is N[C@H]1CCN(C(=O)c2cccc(-c3ncc[nH]3)c2)C1. The van der Waals surface area contributed by atoms with E-state index in [0.29, 0.717) is 12.1 Å². The van der Waals surface area contributed by atoms with Gasteiger partial charge in [0.15, 0.2) is 0 Å². The zero-order valence-corrected chi connectivity index (χ0v) is 10.5. The monoisotopic (exact) mass is 256 g/mol. The number of likely N-dealkylation sites (tertiary alicyclic amines) is 1. The van der Waals surface area contributed by atoms with Gasteiger partial charge in [-0.1, -0.05) is 12.1 Å². The predicted molar refractivity (Wildman–Crippen MR) is 72.5 cm³/mol. The average molecular weight is 256 g/mol. The quantitative estimate of drug-likeness (QED) is 0.849. The highest BCUT2D eigenvalue weighted by Gasteiger charge is 2.24. The van der Waals surface area contributed by atoms with Gasteiger partial charge in [-0.15, -0.1) is 0 Å². The lowest BCUT2D eigenvalue weighted by atomic mass is 10.1. The van der Waals surface area contributed by atoms with E-state index >= 15 is 0 Å². The van der Waals surface area contributed by atoms with Crippen LogP contribution in [0.1, 0.15) is 16.8 Å². The van der Waals surface area contributed by atoms with Crippen molar-refractivity contribution in [2.45, 2.75) is 12.5 Å². The molecule has 3 rings (SSSR count). The largest absolute Gasteiger partial charge is 0.345 e. The molecular weight excluding hydrogens is 240 g/mol. The smallest absolute Gasteiger partial charge is 0.253 e. The molecule has 0 radical (unpaired) electrons. The van der Waals surface area contributed by atoms with Crippen LogP contribution in [-0.2, 0) is 0 Å². The van der Waals surface area contributed by atoms with E-state index < -0.39 is 0 Å². The molecule has 0 bridgehead atoms. The number of imidazole rings is 1. The number of carbonyl (C=O) groups is 1. The zero-order valence-electron chi connectivity index (χ0n) is 10.5. The Kier molecular flexibility index (Phi) is 3.05. The van der Waals surface area contributed by atoms with E-state index in [2.05, 4.69) is 9.97 Å². The van der Waals surface area contributed by atoms with Gasteiger partial charge in [-0.3, -0.25) is 4.79 Å². The molecule has 0 saturated carbocycles. The van der Waals surface area contributed by atoms with Crippen molar-refractivity contribution in [1.82, 2.24) is 14.9 Å². The first-order valence-electron chi connectivity index (χ1n) is 6.39. The molecule has 1 fully saturated rings. The number of hydrogen-bond acceptors (Lipinski definition) is 3. The van der Waals surface area contributed by atoms with E-state index in [0.717, 1.165) is 24.4 Å². The molecule has 1 aliphatic heterocycles. The van der Waals surface area contributed by atoms with Gasteiger partial charge in [0, 0.05) is 42.7 Å². The maximum Gasteiger partial charge on any atom is 0.253 e. The summed E-state index contributed by atoms with van der Waals surface area (Å²) in [6.07, 6.45) is 4.34. The molecule has 5 nitrogen and oxygen atoms in total. The van der Waals surface area contributed by atoms with Crippen molar-refractivity contribution >= 4 is 5.91 Å². The molecule has 19 heavy (non-hydrogen) atoms. The van der Waals surface area contributed by atoms with Crippen LogP contribution < -0.4 is 5.73 Å². The van der Waals surface area contributed by atoms with Gasteiger partial charge in [-0.05, 0) is 18.6 Å². The molecular formula is C14H16N4O. The second-order valence-electron chi connectivity index (χ2n) is 4.82. The van der Waals surface area contributed by atoms with Gasteiger partial charge < -0.3 is 15.6 Å². The summed E-state index contributed by atoms with van der Waals surface area (Å²) in [5.74, 6) is 0.814. The van der Waals surface area contributed by atoms with Crippen LogP contribution in [0.5, 0.6) is 0 Å². The molecule has 3 N–H and O–H groups in total. The number of amides is 1. The normalized spacial score (nSPS) is 18.8. The lowest BCUT2D eigenvalue weighted by Gasteiger charge is -2.16. The third kappa shape index (κ3) is 2.37. The number of rotatable bonds is 2. The van der Waals surface area contributed by atoms with E-state index in [-0.39, 0.29) is 11.9 Å². The minimum absolute atomic E-state index is 0.0429. The number of aromatic amines is 1. The van der Waals surface area contributed by atoms with E-state index in [1.165, 1.54) is 0 Å². The lowest BCUT2D eigenvalue weighted by Crippen LogP contribution is -2.31. The Bertz CT molecular complexity index is 579. The highest BCUT2D eigenvalue weighted by molar-refractivity contribution is 5.95. The van der Waals surface area contributed by atoms with Gasteiger partial charge in [0.05, 0.1) is 0 Å². The number of benzene rings is 1. The Hall–Kier alpha value is -2.14. The highest BCUT2D eigenvalue weighted by atomic mass is 16.2. The average Bonchev–Trinajstić information content (AvgIpc) is 3.09. The van der Waals surface area contributed by atoms with Crippen LogP contribution in [0, 0.1) is 0 Å². The maximum absolute atomic E-state index is 12.4. The van der Waals surface area contributed by atoms with Gasteiger partial charge in [0.1, 0.15) is 5.82 Å². The second kappa shape index (κ2) is 4.85. The fourth-order valence-electron chi connectivity index (χ4n) is 2.38. The molecule has 5 heteroatoms. The van der Waals surface area contributed by atoms with Crippen LogP contribution in [0.2, 0.25) is 0 Å². The Balaban J connectivity index is 1.85. The van der Waals surface area contributed by atoms with Crippen LogP contribution in [0.4, 0.5) is 0 Å². The number of nitrogens with zero attached hydrogens (tertiary/aromatic N) is 2. The standard InChI is InChI=1S/C14H16N4O/c15-12-4-7-18(9-12)14(19)11-3-1-2-10(8-11)13-16-5-6-17-13/h1-3,5-6,8,12H,4,7,9,15H2,(H,16,17)/t12-/m0/s1. The molecule has 1 atom stereocenters. The van der Waals surface area contributed by atoms with E-state index in [9.17, 15) is 4.79 Å². The van der Waals surface area contributed by atoms with Crippen LogP contribution in [0.3, 0.4) is 0 Å². The van der Waals surface area contributed by atoms with Crippen LogP contribution in [-0.4, -0.2) is 39.9 Å². The molecule has 0 aliphatic carbocycles. The van der Waals surface area contributed by atoms with Crippen molar-refractivity contribution in [1.29, 1.82) is 0 Å². The minimum atomic E-state index is 0.0429. The zero-order chi connectivity index (χ0) is 13.2. The minimum Gasteiger partial charge on any atom is -0.345 e. The molecule has 0 spiro atoms. The van der Waals surface area contributed by atoms with Crippen LogP contribution in [0.25, 0.3) is 11.4 Å². The summed E-state index contributed by atoms with van der Waals surface area (Å²) in [7, 11) is 0. The Morgan fingerprint density at radius 2 is 2.37 bits per heavy atom. The number of hydrogen-bond donors (Lipinski definition) is 2. The van der Waals surface area contributed by atoms with Gasteiger partial charge in [-0.25, -0.2) is 4.98 Å². The summed E-state index contributed by atoms with van der Waals surface area (Å²) in [5.41, 5.74) is 7.44. The maximum atomic E-state index is 12.4. The molecule has 1 aromatic carbocycles. The fraction of sp³-hybridized carbons (Fsp3) is 0.286. The summed E-state index contributed by atoms with van der Waals surface area (Å²) >= 11 is 0. The van der Waals surface area contributed by atoms with E-state index in [4.69, 9.17) is 5.73 Å². The summed E-state index contributed by atoms with van der Waals surface area (Å²) in [6, 6.07) is 7.62. The number of nitrogens with two attached hydrogens (primary N) is 1. The fourth-order valence-corrected chi connectivity index (χ4v) is 2.38. The molecule has 1 saturated heterocycles. The molecule has 2 heterocycles. The van der Waals surface area contributed by atoms with Gasteiger partial charge >= 0.3 is 0 Å². The molecule has 1 aliphatic rings. The van der Waals surface area contributed by atoms with Crippen molar-refractivity contribution in [2.24, 2.45) is 5.73 Å². The van der Waals surface area contributed by atoms with Crippen molar-refractivity contribution in [3.05, 3.63) is 42.2 Å². The van der Waals surface area contributed by atoms with Crippen molar-refractivity contribution in [3.63, 3.8) is 0 Å². The summed E-state index contributed by atoms with van der Waals surface area (Å²) < 4.78 is 0. The summed E-state index contributed by atoms with van der Waals surface area (Å²) in [5, 5.41) is 0. The third-order valence-corrected chi connectivity index (χ3v) is 3.39. The first-order chi connectivity index (χ1) is 9.24. The Labute approximate surface area is 111 Å². The molecule has 1 amide bonds. The molecule has 1 aromatic heterocycles. The van der Waals surface area contributed by atoms with Crippen molar-refractivity contribution in [2.75, 3.05) is 13.1 Å². The van der Waals surface area contributed by atoms with E-state index in [1.54, 1.807) is 12.4 Å². The van der Waals surface area contributed by atoms with Crippen LogP contribution in [0.15, 0.2) is 36.7 Å². The van der Waals surface area contributed by atoms with E-state index in [1.807, 2.05) is 29.2 Å². The molecule has 98 valence electrons. The number of carbonyl (C=O) groups excluding carboxylic acids is 1. The second-order valence-corrected chi connectivity index (χ2v) is 4.82. The summed E-state index contributed by atoms with van der Waals surface area (Å²) in [6.45, 7) is 1.38. The van der Waals surface area contributed by atoms with Crippen molar-refractivity contribution in [3.8, 4) is 11.4 Å². The predicted octanol–water partition coefficient (Wildman–Crippen LogP) is 1.25. The Morgan fingerprint density at radius 3 is 3.05 bits per heavy atom. The number of nitrogens with one attached hydrogen (secondary N) is 1. The van der Waals surface area contributed by atoms with Gasteiger partial charge in [0.25, 0.3) is 5.91 Å². The van der Waals surface area contributed by atoms with Gasteiger partial charge in [-0.2, -0.15) is 0 Å². The third-order valence-electron chi connectivity index (χ3n) is 3.39. The van der Waals surface area contributed by atoms with Gasteiger partial charge in [0.2, 0.25) is 0 Å². The first kappa shape index (κ1) is 11.9. The number of H-pyrrole nitrogens is 1. The topological polar surface area (TPSA) is 75.0 Å². The molecule has 0 unspecified atom stereocenters. The van der Waals surface area contributed by atoms with Crippen LogP contribution >= 0.6 is 0 Å².